The van der Waals surface area contributed by atoms with Gasteiger partial charge in [-0.15, -0.1) is 0 Å². The van der Waals surface area contributed by atoms with Crippen molar-refractivity contribution in [1.82, 2.24) is 0 Å². The maximum atomic E-state index is 8.62. The fourth-order valence-electron chi connectivity index (χ4n) is 1.68. The molecule has 1 aliphatic heterocycles. The molecule has 1 saturated heterocycles. The molecule has 0 saturated carbocycles. The molecule has 5 nitrogen and oxygen atoms in total. The van der Waals surface area contributed by atoms with Crippen molar-refractivity contribution < 1.29 is 24.4 Å². The third kappa shape index (κ3) is 6.95. The Morgan fingerprint density at radius 2 is 1.29 bits per heavy atom. The first-order valence-corrected chi connectivity index (χ1v) is 6.47. The van der Waals surface area contributed by atoms with Crippen molar-refractivity contribution in [1.29, 1.82) is 0 Å². The third-order valence-corrected chi connectivity index (χ3v) is 2.65. The van der Waals surface area contributed by atoms with Crippen LogP contribution >= 0.6 is 0 Å². The molecule has 2 N–H and O–H groups in total. The molecule has 0 aromatic heterocycles. The highest BCUT2D eigenvalue weighted by molar-refractivity contribution is 4.60. The van der Waals surface area contributed by atoms with Gasteiger partial charge in [-0.2, -0.15) is 0 Å². The minimum Gasteiger partial charge on any atom is -0.396 e. The van der Waals surface area contributed by atoms with E-state index in [0.717, 1.165) is 38.5 Å². The molecule has 2 unspecified atom stereocenters. The van der Waals surface area contributed by atoms with E-state index in [-0.39, 0.29) is 25.8 Å². The van der Waals surface area contributed by atoms with E-state index < -0.39 is 0 Å². The lowest BCUT2D eigenvalue weighted by atomic mass is 10.3. The summed E-state index contributed by atoms with van der Waals surface area (Å²) in [5.41, 5.74) is 0. The summed E-state index contributed by atoms with van der Waals surface area (Å²) in [6.45, 7) is 1.68. The van der Waals surface area contributed by atoms with Crippen LogP contribution in [0.15, 0.2) is 0 Å². The monoisotopic (exact) mass is 248 g/mol. The quantitative estimate of drug-likeness (QED) is 0.565. The molecule has 1 aliphatic rings. The van der Waals surface area contributed by atoms with Crippen molar-refractivity contribution >= 4 is 0 Å². The molecule has 2 atom stereocenters. The molecule has 0 aliphatic carbocycles. The summed E-state index contributed by atoms with van der Waals surface area (Å²) in [6, 6.07) is 0. The van der Waals surface area contributed by atoms with Gasteiger partial charge in [0, 0.05) is 39.3 Å². The van der Waals surface area contributed by atoms with Crippen LogP contribution < -0.4 is 0 Å². The lowest BCUT2D eigenvalue weighted by Crippen LogP contribution is -2.18. The SMILES string of the molecule is OCCCCOC1CCC(OCCCCO)O1. The maximum absolute atomic E-state index is 8.62. The van der Waals surface area contributed by atoms with Crippen molar-refractivity contribution in [2.45, 2.75) is 51.1 Å². The standard InChI is InChI=1S/C12H24O5/c13-7-1-3-9-15-11-5-6-12(17-11)16-10-4-2-8-14/h11-14H,1-10H2. The van der Waals surface area contributed by atoms with E-state index in [1.165, 1.54) is 0 Å². The molecule has 0 spiro atoms. The topological polar surface area (TPSA) is 68.2 Å². The Balaban J connectivity index is 1.95. The van der Waals surface area contributed by atoms with Crippen LogP contribution in [0.3, 0.4) is 0 Å². The first kappa shape index (κ1) is 14.9. The highest BCUT2D eigenvalue weighted by atomic mass is 16.8. The minimum atomic E-state index is -0.156. The van der Waals surface area contributed by atoms with Crippen LogP contribution in [0, 0.1) is 0 Å². The molecule has 0 amide bonds. The fourth-order valence-corrected chi connectivity index (χ4v) is 1.68. The molecule has 1 heterocycles. The normalized spacial score (nSPS) is 24.4. The second kappa shape index (κ2) is 9.79. The average molecular weight is 248 g/mol. The van der Waals surface area contributed by atoms with E-state index in [1.54, 1.807) is 0 Å². The predicted molar refractivity (Wildman–Crippen MR) is 62.4 cm³/mol. The number of aliphatic hydroxyl groups excluding tert-OH is 2. The number of hydrogen-bond donors (Lipinski definition) is 2. The Morgan fingerprint density at radius 1 is 0.824 bits per heavy atom. The zero-order valence-corrected chi connectivity index (χ0v) is 10.3. The van der Waals surface area contributed by atoms with Crippen LogP contribution in [0.4, 0.5) is 0 Å². The number of ether oxygens (including phenoxy) is 3. The fraction of sp³-hybridized carbons (Fsp3) is 1.00. The largest absolute Gasteiger partial charge is 0.396 e. The van der Waals surface area contributed by atoms with E-state index in [0.29, 0.717) is 13.2 Å². The van der Waals surface area contributed by atoms with Gasteiger partial charge < -0.3 is 24.4 Å². The van der Waals surface area contributed by atoms with Crippen LogP contribution in [0.1, 0.15) is 38.5 Å². The molecule has 0 bridgehead atoms. The zero-order chi connectivity index (χ0) is 12.3. The minimum absolute atomic E-state index is 0.156. The summed E-state index contributed by atoms with van der Waals surface area (Å²) < 4.78 is 16.6. The van der Waals surface area contributed by atoms with E-state index in [4.69, 9.17) is 24.4 Å². The van der Waals surface area contributed by atoms with Gasteiger partial charge in [-0.1, -0.05) is 0 Å². The molecule has 1 rings (SSSR count). The Hall–Kier alpha value is -0.200. The van der Waals surface area contributed by atoms with Crippen molar-refractivity contribution in [2.24, 2.45) is 0 Å². The Labute approximate surface area is 103 Å². The van der Waals surface area contributed by atoms with Crippen LogP contribution in [0.2, 0.25) is 0 Å². The summed E-state index contributed by atoms with van der Waals surface area (Å²) in [5, 5.41) is 17.2. The van der Waals surface area contributed by atoms with Crippen LogP contribution in [-0.4, -0.2) is 49.2 Å². The molecule has 102 valence electrons. The van der Waals surface area contributed by atoms with E-state index >= 15 is 0 Å². The smallest absolute Gasteiger partial charge is 0.160 e. The predicted octanol–water partition coefficient (Wildman–Crippen LogP) is 1.03. The van der Waals surface area contributed by atoms with Gasteiger partial charge in [0.15, 0.2) is 12.6 Å². The molecule has 0 aromatic carbocycles. The second-order valence-corrected chi connectivity index (χ2v) is 4.18. The highest BCUT2D eigenvalue weighted by Crippen LogP contribution is 2.21. The number of rotatable bonds is 10. The van der Waals surface area contributed by atoms with Crippen molar-refractivity contribution in [3.8, 4) is 0 Å². The number of hydrogen-bond acceptors (Lipinski definition) is 5. The Morgan fingerprint density at radius 3 is 1.71 bits per heavy atom. The summed E-state index contributed by atoms with van der Waals surface area (Å²) in [4.78, 5) is 0. The molecule has 1 fully saturated rings. The van der Waals surface area contributed by atoms with Gasteiger partial charge in [-0.3, -0.25) is 0 Å². The zero-order valence-electron chi connectivity index (χ0n) is 10.3. The van der Waals surface area contributed by atoms with Crippen LogP contribution in [-0.2, 0) is 14.2 Å². The van der Waals surface area contributed by atoms with E-state index in [9.17, 15) is 0 Å². The molecule has 0 aromatic rings. The first-order chi connectivity index (χ1) is 8.36. The van der Waals surface area contributed by atoms with Crippen LogP contribution in [0.25, 0.3) is 0 Å². The van der Waals surface area contributed by atoms with Gasteiger partial charge in [0.1, 0.15) is 0 Å². The third-order valence-electron chi connectivity index (χ3n) is 2.65. The molecular weight excluding hydrogens is 224 g/mol. The summed E-state index contributed by atoms with van der Waals surface area (Å²) in [7, 11) is 0. The van der Waals surface area contributed by atoms with E-state index in [1.807, 2.05) is 0 Å². The van der Waals surface area contributed by atoms with Gasteiger partial charge in [-0.25, -0.2) is 0 Å². The van der Waals surface area contributed by atoms with Gasteiger partial charge >= 0.3 is 0 Å². The lowest BCUT2D eigenvalue weighted by Gasteiger charge is -2.14. The summed E-state index contributed by atoms with van der Waals surface area (Å²) in [5.74, 6) is 0. The summed E-state index contributed by atoms with van der Waals surface area (Å²) in [6.07, 6.45) is 4.68. The molecule has 0 radical (unpaired) electrons. The van der Waals surface area contributed by atoms with E-state index in [2.05, 4.69) is 0 Å². The number of unbranched alkanes of at least 4 members (excludes halogenated alkanes) is 2. The molecule has 17 heavy (non-hydrogen) atoms. The highest BCUT2D eigenvalue weighted by Gasteiger charge is 2.25. The van der Waals surface area contributed by atoms with Crippen molar-refractivity contribution in [3.63, 3.8) is 0 Å². The molecular formula is C12H24O5. The van der Waals surface area contributed by atoms with Crippen LogP contribution in [0.5, 0.6) is 0 Å². The van der Waals surface area contributed by atoms with Crippen molar-refractivity contribution in [2.75, 3.05) is 26.4 Å². The maximum Gasteiger partial charge on any atom is 0.160 e. The van der Waals surface area contributed by atoms with Crippen molar-refractivity contribution in [3.05, 3.63) is 0 Å². The van der Waals surface area contributed by atoms with Gasteiger partial charge in [0.2, 0.25) is 0 Å². The number of aliphatic hydroxyl groups is 2. The second-order valence-electron chi connectivity index (χ2n) is 4.18. The van der Waals surface area contributed by atoms with Gasteiger partial charge in [-0.05, 0) is 25.7 Å². The first-order valence-electron chi connectivity index (χ1n) is 6.47. The van der Waals surface area contributed by atoms with Gasteiger partial charge in [0.05, 0.1) is 0 Å². The molecule has 5 heteroatoms. The Bertz CT molecular complexity index is 158. The Kier molecular flexibility index (Phi) is 8.56. The van der Waals surface area contributed by atoms with Gasteiger partial charge in [0.25, 0.3) is 0 Å². The summed E-state index contributed by atoms with van der Waals surface area (Å²) >= 11 is 0. The lowest BCUT2D eigenvalue weighted by molar-refractivity contribution is -0.205. The average Bonchev–Trinajstić information content (AvgIpc) is 2.78.